The second-order valence-corrected chi connectivity index (χ2v) is 11.0. The summed E-state index contributed by atoms with van der Waals surface area (Å²) in [5.41, 5.74) is 5.44. The number of anilines is 1. The van der Waals surface area contributed by atoms with Crippen LogP contribution in [0.3, 0.4) is 0 Å². The van der Waals surface area contributed by atoms with Crippen molar-refractivity contribution in [3.8, 4) is 22.4 Å². The van der Waals surface area contributed by atoms with E-state index in [1.54, 1.807) is 19.3 Å². The van der Waals surface area contributed by atoms with Crippen molar-refractivity contribution in [1.29, 1.82) is 0 Å². The molecule has 1 unspecified atom stereocenters. The molecule has 0 radical (unpaired) electrons. The van der Waals surface area contributed by atoms with Gasteiger partial charge in [0, 0.05) is 67.4 Å². The Labute approximate surface area is 223 Å². The van der Waals surface area contributed by atoms with Gasteiger partial charge in [-0.3, -0.25) is 15.2 Å². The van der Waals surface area contributed by atoms with E-state index in [1.165, 1.54) is 28.4 Å². The lowest BCUT2D eigenvalue weighted by molar-refractivity contribution is 0.189. The first-order valence-corrected chi connectivity index (χ1v) is 14.2. The number of pyridine rings is 1. The summed E-state index contributed by atoms with van der Waals surface area (Å²) in [5, 5.41) is 15.9. The van der Waals surface area contributed by atoms with Crippen LogP contribution in [0.5, 0.6) is 0 Å². The molecule has 37 heavy (non-hydrogen) atoms. The van der Waals surface area contributed by atoms with E-state index in [4.69, 9.17) is 9.97 Å². The molecule has 4 heterocycles. The standard InChI is InChI=1S/C26H29N7O2S2/c1-3-27-25(35)32-26-31-22-12-18(19-13-29-24(16(2)34)30-14-19)11-20(23(22)37-26)21-10-17(4-5-28-21)15-33-6-8-36-9-7-33/h4-5,10-14,16,34H,3,6-9,15H2,1-2H3,(H2,27,31,32,35). The second-order valence-electron chi connectivity index (χ2n) is 8.82. The highest BCUT2D eigenvalue weighted by Crippen LogP contribution is 2.38. The SMILES string of the molecule is CCNC(=O)Nc1nc2cc(-c3cnc(C(C)O)nc3)cc(-c3cc(CN4CCSCC4)ccn3)c2s1. The van der Waals surface area contributed by atoms with Crippen LogP contribution < -0.4 is 10.6 Å². The van der Waals surface area contributed by atoms with E-state index in [0.29, 0.717) is 17.5 Å². The maximum Gasteiger partial charge on any atom is 0.321 e. The highest BCUT2D eigenvalue weighted by molar-refractivity contribution is 7.99. The zero-order valence-electron chi connectivity index (χ0n) is 20.8. The Kier molecular flexibility index (Phi) is 7.94. The summed E-state index contributed by atoms with van der Waals surface area (Å²) in [6.07, 6.45) is 4.53. The lowest BCUT2D eigenvalue weighted by atomic mass is 10.0. The number of nitrogens with zero attached hydrogens (tertiary/aromatic N) is 5. The molecule has 1 aliphatic heterocycles. The van der Waals surface area contributed by atoms with Gasteiger partial charge in [0.15, 0.2) is 11.0 Å². The zero-order valence-corrected chi connectivity index (χ0v) is 22.4. The van der Waals surface area contributed by atoms with Crippen molar-refractivity contribution < 1.29 is 9.90 Å². The minimum atomic E-state index is -0.737. The van der Waals surface area contributed by atoms with Crippen LogP contribution in [0.25, 0.3) is 32.6 Å². The molecule has 0 spiro atoms. The highest BCUT2D eigenvalue weighted by Gasteiger charge is 2.17. The number of thioether (sulfide) groups is 1. The smallest absolute Gasteiger partial charge is 0.321 e. The van der Waals surface area contributed by atoms with E-state index >= 15 is 0 Å². The van der Waals surface area contributed by atoms with Crippen LogP contribution in [0.2, 0.25) is 0 Å². The monoisotopic (exact) mass is 535 g/mol. The maximum absolute atomic E-state index is 12.1. The molecule has 2 amide bonds. The molecular formula is C26H29N7O2S2. The van der Waals surface area contributed by atoms with E-state index in [1.807, 2.05) is 30.9 Å². The number of aromatic nitrogens is 4. The summed E-state index contributed by atoms with van der Waals surface area (Å²) in [4.78, 5) is 32.7. The van der Waals surface area contributed by atoms with E-state index in [-0.39, 0.29) is 6.03 Å². The van der Waals surface area contributed by atoms with Gasteiger partial charge in [-0.2, -0.15) is 11.8 Å². The third kappa shape index (κ3) is 6.07. The lowest BCUT2D eigenvalue weighted by Gasteiger charge is -2.26. The number of rotatable bonds is 7. The topological polar surface area (TPSA) is 116 Å². The average Bonchev–Trinajstić information content (AvgIpc) is 3.31. The van der Waals surface area contributed by atoms with Crippen molar-refractivity contribution in [2.24, 2.45) is 0 Å². The lowest BCUT2D eigenvalue weighted by Crippen LogP contribution is -2.31. The van der Waals surface area contributed by atoms with Gasteiger partial charge < -0.3 is 10.4 Å². The number of carbonyl (C=O) groups is 1. The van der Waals surface area contributed by atoms with Crippen molar-refractivity contribution in [2.45, 2.75) is 26.5 Å². The van der Waals surface area contributed by atoms with Crippen LogP contribution in [-0.2, 0) is 6.54 Å². The van der Waals surface area contributed by atoms with Crippen LogP contribution in [-0.4, -0.2) is 67.1 Å². The number of nitrogens with one attached hydrogen (secondary N) is 2. The molecule has 1 saturated heterocycles. The summed E-state index contributed by atoms with van der Waals surface area (Å²) in [5.74, 6) is 2.70. The summed E-state index contributed by atoms with van der Waals surface area (Å²) in [7, 11) is 0. The highest BCUT2D eigenvalue weighted by atomic mass is 32.2. The Morgan fingerprint density at radius 1 is 1.14 bits per heavy atom. The fourth-order valence-electron chi connectivity index (χ4n) is 4.19. The minimum absolute atomic E-state index is 0.287. The maximum atomic E-state index is 12.1. The number of hydrogen-bond acceptors (Lipinski definition) is 9. The average molecular weight is 536 g/mol. The van der Waals surface area contributed by atoms with E-state index < -0.39 is 6.10 Å². The Morgan fingerprint density at radius 2 is 1.92 bits per heavy atom. The number of hydrogen-bond donors (Lipinski definition) is 3. The first-order chi connectivity index (χ1) is 18.0. The summed E-state index contributed by atoms with van der Waals surface area (Å²) >= 11 is 3.43. The molecule has 192 valence electrons. The van der Waals surface area contributed by atoms with Crippen molar-refractivity contribution in [1.82, 2.24) is 30.2 Å². The summed E-state index contributed by atoms with van der Waals surface area (Å²) in [6, 6.07) is 7.97. The molecule has 3 N–H and O–H groups in total. The van der Waals surface area contributed by atoms with E-state index in [0.717, 1.165) is 52.2 Å². The molecule has 4 aromatic rings. The zero-order chi connectivity index (χ0) is 25.8. The number of urea groups is 1. The third-order valence-electron chi connectivity index (χ3n) is 6.04. The largest absolute Gasteiger partial charge is 0.385 e. The quantitative estimate of drug-likeness (QED) is 0.315. The number of aliphatic hydroxyl groups is 1. The molecule has 1 aliphatic rings. The van der Waals surface area contributed by atoms with Crippen LogP contribution in [0, 0.1) is 0 Å². The van der Waals surface area contributed by atoms with Gasteiger partial charge in [-0.05, 0) is 49.2 Å². The normalized spacial score (nSPS) is 15.0. The van der Waals surface area contributed by atoms with E-state index in [2.05, 4.69) is 43.7 Å². The molecule has 9 nitrogen and oxygen atoms in total. The number of fused-ring (bicyclic) bond motifs is 1. The molecule has 0 aliphatic carbocycles. The van der Waals surface area contributed by atoms with Crippen molar-refractivity contribution >= 4 is 44.5 Å². The predicted octanol–water partition coefficient (Wildman–Crippen LogP) is 4.56. The first-order valence-electron chi connectivity index (χ1n) is 12.3. The number of benzene rings is 1. The number of amides is 2. The van der Waals surface area contributed by atoms with Gasteiger partial charge in [0.2, 0.25) is 0 Å². The van der Waals surface area contributed by atoms with Crippen LogP contribution in [0.1, 0.15) is 31.3 Å². The molecule has 0 saturated carbocycles. The molecule has 1 atom stereocenters. The van der Waals surface area contributed by atoms with Gasteiger partial charge in [0.25, 0.3) is 0 Å². The molecular weight excluding hydrogens is 506 g/mol. The van der Waals surface area contributed by atoms with Crippen molar-refractivity contribution in [3.05, 3.63) is 54.2 Å². The molecule has 11 heteroatoms. The van der Waals surface area contributed by atoms with Crippen molar-refractivity contribution in [2.75, 3.05) is 36.5 Å². The molecule has 1 aromatic carbocycles. The van der Waals surface area contributed by atoms with Crippen LogP contribution in [0.15, 0.2) is 42.9 Å². The van der Waals surface area contributed by atoms with Crippen molar-refractivity contribution in [3.63, 3.8) is 0 Å². The fraction of sp³-hybridized carbons (Fsp3) is 0.346. The molecule has 5 rings (SSSR count). The third-order valence-corrected chi connectivity index (χ3v) is 8.00. The Morgan fingerprint density at radius 3 is 2.65 bits per heavy atom. The molecule has 1 fully saturated rings. The Hall–Kier alpha value is -3.12. The Balaban J connectivity index is 1.56. The van der Waals surface area contributed by atoms with Crippen LogP contribution >= 0.6 is 23.1 Å². The van der Waals surface area contributed by atoms with Gasteiger partial charge in [0.1, 0.15) is 6.10 Å². The van der Waals surface area contributed by atoms with E-state index in [9.17, 15) is 9.90 Å². The Bertz CT molecular complexity index is 1390. The molecule has 3 aromatic heterocycles. The van der Waals surface area contributed by atoms with Gasteiger partial charge in [-0.15, -0.1) is 0 Å². The van der Waals surface area contributed by atoms with Gasteiger partial charge >= 0.3 is 6.03 Å². The van der Waals surface area contributed by atoms with Gasteiger partial charge in [-0.25, -0.2) is 19.7 Å². The summed E-state index contributed by atoms with van der Waals surface area (Å²) in [6.45, 7) is 7.11. The van der Waals surface area contributed by atoms with Gasteiger partial charge in [0.05, 0.1) is 15.9 Å². The molecule has 0 bridgehead atoms. The number of thiazole rings is 1. The minimum Gasteiger partial charge on any atom is -0.385 e. The fourth-order valence-corrected chi connectivity index (χ4v) is 6.13. The van der Waals surface area contributed by atoms with Gasteiger partial charge in [-0.1, -0.05) is 11.3 Å². The number of carbonyl (C=O) groups excluding carboxylic acids is 1. The number of aliphatic hydroxyl groups excluding tert-OH is 1. The first kappa shape index (κ1) is 25.5. The summed E-state index contributed by atoms with van der Waals surface area (Å²) < 4.78 is 0.941. The van der Waals surface area contributed by atoms with Crippen LogP contribution in [0.4, 0.5) is 9.93 Å². The second kappa shape index (κ2) is 11.5. The predicted molar refractivity (Wildman–Crippen MR) is 150 cm³/mol.